The van der Waals surface area contributed by atoms with Crippen LogP contribution in [0.1, 0.15) is 11.3 Å². The molecule has 1 aromatic heterocycles. The van der Waals surface area contributed by atoms with Crippen LogP contribution in [0.3, 0.4) is 0 Å². The van der Waals surface area contributed by atoms with E-state index in [-0.39, 0.29) is 5.43 Å². The number of halogens is 1. The van der Waals surface area contributed by atoms with Gasteiger partial charge in [-0.05, 0) is 42.0 Å². The van der Waals surface area contributed by atoms with E-state index in [1.807, 2.05) is 49.0 Å². The van der Waals surface area contributed by atoms with Crippen molar-refractivity contribution in [2.75, 3.05) is 7.05 Å². The van der Waals surface area contributed by atoms with Gasteiger partial charge in [0.15, 0.2) is 5.43 Å². The fraction of sp³-hybridized carbons (Fsp3) is 0.214. The summed E-state index contributed by atoms with van der Waals surface area (Å²) in [6.45, 7) is 2.51. The Morgan fingerprint density at radius 1 is 1.33 bits per heavy atom. The van der Waals surface area contributed by atoms with Crippen molar-refractivity contribution >= 4 is 15.9 Å². The van der Waals surface area contributed by atoms with Gasteiger partial charge >= 0.3 is 0 Å². The first kappa shape index (κ1) is 13.1. The Morgan fingerprint density at radius 2 is 2.06 bits per heavy atom. The van der Waals surface area contributed by atoms with Crippen molar-refractivity contribution in [1.82, 2.24) is 9.88 Å². The van der Waals surface area contributed by atoms with Crippen LogP contribution >= 0.6 is 15.9 Å². The Hall–Kier alpha value is -1.39. The summed E-state index contributed by atoms with van der Waals surface area (Å²) >= 11 is 3.53. The summed E-state index contributed by atoms with van der Waals surface area (Å²) in [5, 5.41) is 3.01. The molecule has 0 aliphatic carbocycles. The van der Waals surface area contributed by atoms with Crippen molar-refractivity contribution < 1.29 is 0 Å². The number of aromatic nitrogens is 1. The SMILES string of the molecule is CNCc1cn(-c2ccccc2Br)c(C)cc1=O. The van der Waals surface area contributed by atoms with Gasteiger partial charge in [0.1, 0.15) is 0 Å². The van der Waals surface area contributed by atoms with Gasteiger partial charge in [0.25, 0.3) is 0 Å². The van der Waals surface area contributed by atoms with Crippen molar-refractivity contribution in [3.63, 3.8) is 0 Å². The van der Waals surface area contributed by atoms with E-state index in [0.717, 1.165) is 21.4 Å². The first-order chi connectivity index (χ1) is 8.63. The lowest BCUT2D eigenvalue weighted by Crippen LogP contribution is -2.19. The van der Waals surface area contributed by atoms with Crippen LogP contribution in [0.2, 0.25) is 0 Å². The number of hydrogen-bond acceptors (Lipinski definition) is 2. The first-order valence-electron chi connectivity index (χ1n) is 5.75. The lowest BCUT2D eigenvalue weighted by Gasteiger charge is -2.14. The Morgan fingerprint density at radius 3 is 2.72 bits per heavy atom. The van der Waals surface area contributed by atoms with Crippen molar-refractivity contribution in [2.24, 2.45) is 0 Å². The second kappa shape index (κ2) is 5.50. The van der Waals surface area contributed by atoms with E-state index in [0.29, 0.717) is 6.54 Å². The summed E-state index contributed by atoms with van der Waals surface area (Å²) in [5.74, 6) is 0. The molecule has 0 amide bonds. The second-order valence-electron chi connectivity index (χ2n) is 4.16. The second-order valence-corrected chi connectivity index (χ2v) is 5.01. The van der Waals surface area contributed by atoms with Crippen LogP contribution in [0, 0.1) is 6.92 Å². The zero-order valence-corrected chi connectivity index (χ0v) is 12.0. The molecular weight excluding hydrogens is 292 g/mol. The van der Waals surface area contributed by atoms with Crippen LogP contribution in [0.15, 0.2) is 45.8 Å². The van der Waals surface area contributed by atoms with E-state index in [1.165, 1.54) is 0 Å². The molecule has 2 rings (SSSR count). The van der Waals surface area contributed by atoms with Crippen molar-refractivity contribution in [2.45, 2.75) is 13.5 Å². The fourth-order valence-electron chi connectivity index (χ4n) is 1.90. The zero-order valence-electron chi connectivity index (χ0n) is 10.4. The van der Waals surface area contributed by atoms with E-state index in [4.69, 9.17) is 0 Å². The molecule has 1 heterocycles. The van der Waals surface area contributed by atoms with Crippen LogP contribution in [0.5, 0.6) is 0 Å². The molecule has 0 saturated heterocycles. The van der Waals surface area contributed by atoms with Crippen LogP contribution in [-0.2, 0) is 6.54 Å². The Kier molecular flexibility index (Phi) is 3.99. The molecule has 0 atom stereocenters. The molecule has 1 aromatic carbocycles. The highest BCUT2D eigenvalue weighted by atomic mass is 79.9. The Labute approximate surface area is 115 Å². The van der Waals surface area contributed by atoms with Crippen molar-refractivity contribution in [3.8, 4) is 5.69 Å². The molecule has 3 nitrogen and oxygen atoms in total. The molecular formula is C14H15BrN2O. The summed E-state index contributed by atoms with van der Waals surface area (Å²) in [5.41, 5.74) is 2.79. The average molecular weight is 307 g/mol. The van der Waals surface area contributed by atoms with E-state index < -0.39 is 0 Å². The summed E-state index contributed by atoms with van der Waals surface area (Å²) in [4.78, 5) is 11.8. The standard InChI is InChI=1S/C14H15BrN2O/c1-10-7-14(18)11(8-16-2)9-17(10)13-6-4-3-5-12(13)15/h3-7,9,16H,8H2,1-2H3. The Bertz CT molecular complexity index is 619. The molecule has 2 aromatic rings. The van der Waals surface area contributed by atoms with Crippen molar-refractivity contribution in [3.05, 3.63) is 62.5 Å². The lowest BCUT2D eigenvalue weighted by atomic mass is 10.2. The Balaban J connectivity index is 2.61. The monoisotopic (exact) mass is 306 g/mol. The van der Waals surface area contributed by atoms with E-state index >= 15 is 0 Å². The number of nitrogens with one attached hydrogen (secondary N) is 1. The maximum absolute atomic E-state index is 11.8. The number of rotatable bonds is 3. The average Bonchev–Trinajstić information content (AvgIpc) is 2.34. The number of benzene rings is 1. The third-order valence-electron chi connectivity index (χ3n) is 2.80. The van der Waals surface area contributed by atoms with Gasteiger partial charge in [-0.3, -0.25) is 4.79 Å². The third-order valence-corrected chi connectivity index (χ3v) is 3.47. The first-order valence-corrected chi connectivity index (χ1v) is 6.54. The van der Waals surface area contributed by atoms with Crippen LogP contribution in [-0.4, -0.2) is 11.6 Å². The van der Waals surface area contributed by atoms with Crippen LogP contribution in [0.4, 0.5) is 0 Å². The molecule has 0 aliphatic rings. The predicted octanol–water partition coefficient (Wildman–Crippen LogP) is 2.63. The minimum absolute atomic E-state index is 0.0742. The molecule has 0 fully saturated rings. The van der Waals surface area contributed by atoms with Gasteiger partial charge in [-0.25, -0.2) is 0 Å². The lowest BCUT2D eigenvalue weighted by molar-refractivity contribution is 0.794. The number of aryl methyl sites for hydroxylation is 1. The van der Waals surface area contributed by atoms with E-state index in [1.54, 1.807) is 6.07 Å². The molecule has 0 spiro atoms. The number of pyridine rings is 1. The highest BCUT2D eigenvalue weighted by molar-refractivity contribution is 9.10. The molecule has 0 radical (unpaired) electrons. The van der Waals surface area contributed by atoms with Crippen LogP contribution in [0.25, 0.3) is 5.69 Å². The summed E-state index contributed by atoms with van der Waals surface area (Å²) < 4.78 is 3.03. The number of hydrogen-bond donors (Lipinski definition) is 1. The summed E-state index contributed by atoms with van der Waals surface area (Å²) in [7, 11) is 1.84. The predicted molar refractivity (Wildman–Crippen MR) is 77.2 cm³/mol. The van der Waals surface area contributed by atoms with Gasteiger partial charge in [-0.1, -0.05) is 12.1 Å². The molecule has 0 aliphatic heterocycles. The molecule has 1 N–H and O–H groups in total. The minimum atomic E-state index is 0.0742. The molecule has 4 heteroatoms. The van der Waals surface area contributed by atoms with Gasteiger partial charge in [0, 0.05) is 34.5 Å². The molecule has 94 valence electrons. The van der Waals surface area contributed by atoms with Crippen molar-refractivity contribution in [1.29, 1.82) is 0 Å². The maximum Gasteiger partial charge on any atom is 0.186 e. The van der Waals surface area contributed by atoms with Crippen LogP contribution < -0.4 is 10.7 Å². The fourth-order valence-corrected chi connectivity index (χ4v) is 2.38. The number of para-hydroxylation sites is 1. The zero-order chi connectivity index (χ0) is 13.1. The van der Waals surface area contributed by atoms with Gasteiger partial charge in [-0.15, -0.1) is 0 Å². The highest BCUT2D eigenvalue weighted by Crippen LogP contribution is 2.21. The normalized spacial score (nSPS) is 10.6. The third kappa shape index (κ3) is 2.54. The van der Waals surface area contributed by atoms with Gasteiger partial charge in [0.2, 0.25) is 0 Å². The summed E-state index contributed by atoms with van der Waals surface area (Å²) in [6.07, 6.45) is 1.90. The smallest absolute Gasteiger partial charge is 0.186 e. The molecule has 0 saturated carbocycles. The topological polar surface area (TPSA) is 34.0 Å². The van der Waals surface area contributed by atoms with E-state index in [2.05, 4.69) is 21.2 Å². The molecule has 18 heavy (non-hydrogen) atoms. The highest BCUT2D eigenvalue weighted by Gasteiger charge is 2.07. The quantitative estimate of drug-likeness (QED) is 0.946. The molecule has 0 bridgehead atoms. The summed E-state index contributed by atoms with van der Waals surface area (Å²) in [6, 6.07) is 9.64. The minimum Gasteiger partial charge on any atom is -0.319 e. The molecule has 0 unspecified atom stereocenters. The van der Waals surface area contributed by atoms with Gasteiger partial charge < -0.3 is 9.88 Å². The largest absolute Gasteiger partial charge is 0.319 e. The number of nitrogens with zero attached hydrogens (tertiary/aromatic N) is 1. The van der Waals surface area contributed by atoms with Gasteiger partial charge in [0.05, 0.1) is 5.69 Å². The van der Waals surface area contributed by atoms with Gasteiger partial charge in [-0.2, -0.15) is 0 Å². The maximum atomic E-state index is 11.8. The van der Waals surface area contributed by atoms with E-state index in [9.17, 15) is 4.79 Å².